The van der Waals surface area contributed by atoms with Gasteiger partial charge in [0.2, 0.25) is 0 Å². The maximum absolute atomic E-state index is 13.0. The third-order valence-corrected chi connectivity index (χ3v) is 18.6. The first kappa shape index (κ1) is 88.1. The normalized spacial score (nSPS) is 14.6. The van der Waals surface area contributed by atoms with Gasteiger partial charge in [-0.3, -0.25) is 37.3 Å². The number of aliphatic hydroxyl groups excluding tert-OH is 1. The summed E-state index contributed by atoms with van der Waals surface area (Å²) in [6, 6.07) is 0. The molecular formula is C71H138O17P2. The molecule has 0 aliphatic heterocycles. The van der Waals surface area contributed by atoms with Crippen LogP contribution < -0.4 is 0 Å². The lowest BCUT2D eigenvalue weighted by molar-refractivity contribution is -0.161. The largest absolute Gasteiger partial charge is 0.472 e. The molecule has 0 spiro atoms. The molecule has 6 atom stereocenters. The highest BCUT2D eigenvalue weighted by molar-refractivity contribution is 7.47. The smallest absolute Gasteiger partial charge is 0.462 e. The summed E-state index contributed by atoms with van der Waals surface area (Å²) in [5, 5.41) is 10.6. The third-order valence-electron chi connectivity index (χ3n) is 16.7. The predicted octanol–water partition coefficient (Wildman–Crippen LogP) is 20.1. The molecule has 0 rings (SSSR count). The fraction of sp³-hybridized carbons (Fsp3) is 0.944. The Morgan fingerprint density at radius 3 is 0.789 bits per heavy atom. The van der Waals surface area contributed by atoms with Crippen LogP contribution in [0.15, 0.2) is 0 Å². The molecule has 17 nitrogen and oxygen atoms in total. The molecule has 90 heavy (non-hydrogen) atoms. The van der Waals surface area contributed by atoms with E-state index in [2.05, 4.69) is 55.4 Å². The van der Waals surface area contributed by atoms with Gasteiger partial charge in [-0.05, 0) is 49.4 Å². The van der Waals surface area contributed by atoms with Crippen LogP contribution >= 0.6 is 15.6 Å². The number of carbonyl (C=O) groups is 4. The minimum atomic E-state index is -4.95. The summed E-state index contributed by atoms with van der Waals surface area (Å²) in [7, 11) is -9.91. The summed E-state index contributed by atoms with van der Waals surface area (Å²) >= 11 is 0. The van der Waals surface area contributed by atoms with Crippen LogP contribution in [-0.4, -0.2) is 96.7 Å². The summed E-state index contributed by atoms with van der Waals surface area (Å²) in [5.74, 6) is 0.896. The van der Waals surface area contributed by atoms with Crippen molar-refractivity contribution in [2.75, 3.05) is 39.6 Å². The molecule has 0 bridgehead atoms. The molecule has 3 N–H and O–H groups in total. The Morgan fingerprint density at radius 2 is 0.533 bits per heavy atom. The number of aliphatic hydroxyl groups is 1. The molecule has 0 amide bonds. The number of hydrogen-bond donors (Lipinski definition) is 3. The van der Waals surface area contributed by atoms with Gasteiger partial charge in [0.1, 0.15) is 19.3 Å². The molecule has 0 aromatic carbocycles. The van der Waals surface area contributed by atoms with Crippen molar-refractivity contribution in [2.45, 2.75) is 369 Å². The highest BCUT2D eigenvalue weighted by Gasteiger charge is 2.30. The van der Waals surface area contributed by atoms with E-state index in [-0.39, 0.29) is 25.7 Å². The number of hydrogen-bond acceptors (Lipinski definition) is 15. The first-order chi connectivity index (χ1) is 43.1. The van der Waals surface area contributed by atoms with Crippen molar-refractivity contribution in [2.24, 2.45) is 23.7 Å². The standard InChI is InChI=1S/C71H138O17P2/c1-9-64(8)50-42-34-26-21-22-28-36-44-52-69(74)82-58-67(88-71(76)54-46-38-30-20-14-17-25-33-41-49-63(6)7)60-86-90(79,80)84-56-65(72)55-83-89(77,78)85-59-66(87-70(75)53-45-37-29-19-13-11-16-24-32-40-48-62(4)5)57-81-68(73)51-43-35-27-18-12-10-15-23-31-39-47-61(2)3/h61-67,72H,9-60H2,1-8H3,(H,77,78)(H,79,80)/t64?,65-,66-,67-/m1/s1. The Morgan fingerprint density at radius 1 is 0.311 bits per heavy atom. The SMILES string of the molecule is CCC(C)CCCCCCCCCCC(=O)OC[C@H](COP(=O)(O)OC[C@H](O)COP(=O)(O)OC[C@@H](COC(=O)CCCCCCCCCCCCC(C)C)OC(=O)CCCCCCCCCCCCC(C)C)OC(=O)CCCCCCCCCCCC(C)C. The topological polar surface area (TPSA) is 237 Å². The molecule has 0 aliphatic rings. The maximum atomic E-state index is 13.0. The molecule has 0 fully saturated rings. The predicted molar refractivity (Wildman–Crippen MR) is 363 cm³/mol. The van der Waals surface area contributed by atoms with E-state index >= 15 is 0 Å². The number of carbonyl (C=O) groups excluding carboxylic acids is 4. The van der Waals surface area contributed by atoms with Crippen molar-refractivity contribution in [1.82, 2.24) is 0 Å². The van der Waals surface area contributed by atoms with Crippen LogP contribution in [0.1, 0.15) is 351 Å². The Kier molecular flexibility index (Phi) is 59.4. The molecule has 0 aromatic rings. The zero-order valence-electron chi connectivity index (χ0n) is 58.8. The number of unbranched alkanes of at least 4 members (excludes halogenated alkanes) is 33. The third kappa shape index (κ3) is 63.5. The van der Waals surface area contributed by atoms with Gasteiger partial charge in [0, 0.05) is 25.7 Å². The van der Waals surface area contributed by atoms with E-state index in [1.807, 2.05) is 0 Å². The van der Waals surface area contributed by atoms with E-state index in [0.717, 1.165) is 114 Å². The highest BCUT2D eigenvalue weighted by Crippen LogP contribution is 2.45. The monoisotopic (exact) mass is 1320 g/mol. The van der Waals surface area contributed by atoms with E-state index in [1.54, 1.807) is 0 Å². The lowest BCUT2D eigenvalue weighted by atomic mass is 9.99. The van der Waals surface area contributed by atoms with Crippen LogP contribution in [-0.2, 0) is 65.4 Å². The molecule has 3 unspecified atom stereocenters. The van der Waals surface area contributed by atoms with Crippen LogP contribution in [0.5, 0.6) is 0 Å². The van der Waals surface area contributed by atoms with Gasteiger partial charge >= 0.3 is 39.5 Å². The van der Waals surface area contributed by atoms with Gasteiger partial charge in [0.15, 0.2) is 12.2 Å². The quantitative estimate of drug-likeness (QED) is 0.0222. The molecule has 0 saturated carbocycles. The Labute approximate surface area is 549 Å². The van der Waals surface area contributed by atoms with Crippen LogP contribution in [0.4, 0.5) is 0 Å². The lowest BCUT2D eigenvalue weighted by Gasteiger charge is -2.21. The second-order valence-electron chi connectivity index (χ2n) is 27.3. The molecule has 534 valence electrons. The number of phosphoric acid groups is 2. The fourth-order valence-corrected chi connectivity index (χ4v) is 12.2. The summed E-state index contributed by atoms with van der Waals surface area (Å²) in [4.78, 5) is 72.6. The molecule has 0 radical (unpaired) electrons. The van der Waals surface area contributed by atoms with Crippen molar-refractivity contribution in [3.05, 3.63) is 0 Å². The van der Waals surface area contributed by atoms with E-state index in [9.17, 15) is 43.2 Å². The molecule has 0 aliphatic carbocycles. The number of esters is 4. The van der Waals surface area contributed by atoms with Crippen LogP contribution in [0.3, 0.4) is 0 Å². The van der Waals surface area contributed by atoms with Gasteiger partial charge in [-0.15, -0.1) is 0 Å². The zero-order valence-corrected chi connectivity index (χ0v) is 60.6. The molecule has 19 heteroatoms. The first-order valence-corrected chi connectivity index (χ1v) is 39.7. The molecular weight excluding hydrogens is 1190 g/mol. The summed E-state index contributed by atoms with van der Waals surface area (Å²) in [6.45, 7) is 14.1. The van der Waals surface area contributed by atoms with Crippen LogP contribution in [0.25, 0.3) is 0 Å². The van der Waals surface area contributed by atoms with Crippen molar-refractivity contribution in [3.63, 3.8) is 0 Å². The van der Waals surface area contributed by atoms with Gasteiger partial charge in [-0.25, -0.2) is 9.13 Å². The molecule has 0 saturated heterocycles. The molecule has 0 heterocycles. The van der Waals surface area contributed by atoms with Gasteiger partial charge in [-0.2, -0.15) is 0 Å². The Hall–Kier alpha value is -1.94. The Balaban J connectivity index is 5.28. The van der Waals surface area contributed by atoms with Crippen LogP contribution in [0, 0.1) is 23.7 Å². The number of ether oxygens (including phenoxy) is 4. The summed E-state index contributed by atoms with van der Waals surface area (Å²) in [5.41, 5.74) is 0. The van der Waals surface area contributed by atoms with Crippen LogP contribution in [0.2, 0.25) is 0 Å². The fourth-order valence-electron chi connectivity index (χ4n) is 10.6. The van der Waals surface area contributed by atoms with Crippen molar-refractivity contribution < 1.29 is 80.2 Å². The van der Waals surface area contributed by atoms with Gasteiger partial charge < -0.3 is 33.8 Å². The average Bonchev–Trinajstić information content (AvgIpc) is 3.59. The second kappa shape index (κ2) is 60.7. The van der Waals surface area contributed by atoms with Gasteiger partial charge in [-0.1, -0.05) is 299 Å². The minimum Gasteiger partial charge on any atom is -0.462 e. The van der Waals surface area contributed by atoms with Crippen molar-refractivity contribution >= 4 is 39.5 Å². The second-order valence-corrected chi connectivity index (χ2v) is 30.2. The summed E-state index contributed by atoms with van der Waals surface area (Å²) in [6.07, 6.45) is 43.0. The Bertz CT molecular complexity index is 1780. The lowest BCUT2D eigenvalue weighted by Crippen LogP contribution is -2.30. The zero-order chi connectivity index (χ0) is 66.8. The average molecular weight is 1330 g/mol. The van der Waals surface area contributed by atoms with E-state index < -0.39 is 97.5 Å². The molecule has 0 aromatic heterocycles. The van der Waals surface area contributed by atoms with Gasteiger partial charge in [0.05, 0.1) is 26.4 Å². The minimum absolute atomic E-state index is 0.104. The van der Waals surface area contributed by atoms with E-state index in [0.29, 0.717) is 25.7 Å². The number of rotatable bonds is 68. The van der Waals surface area contributed by atoms with Crippen molar-refractivity contribution in [1.29, 1.82) is 0 Å². The first-order valence-electron chi connectivity index (χ1n) is 36.7. The van der Waals surface area contributed by atoms with Gasteiger partial charge in [0.25, 0.3) is 0 Å². The number of phosphoric ester groups is 2. The maximum Gasteiger partial charge on any atom is 0.472 e. The van der Waals surface area contributed by atoms with E-state index in [1.165, 1.54) is 154 Å². The highest BCUT2D eigenvalue weighted by atomic mass is 31.2. The van der Waals surface area contributed by atoms with E-state index in [4.69, 9.17) is 37.0 Å². The summed E-state index contributed by atoms with van der Waals surface area (Å²) < 4.78 is 68.3. The van der Waals surface area contributed by atoms with Crippen molar-refractivity contribution in [3.8, 4) is 0 Å².